The Balaban J connectivity index is 0.962. The normalized spacial score (nSPS) is 13.1. The van der Waals surface area contributed by atoms with Gasteiger partial charge in [0, 0.05) is 11.3 Å². The van der Waals surface area contributed by atoms with E-state index < -0.39 is 6.37 Å². The first-order chi connectivity index (χ1) is 40.8. The van der Waals surface area contributed by atoms with Crippen LogP contribution in [-0.2, 0) is 31.1 Å². The molecule has 0 radical (unpaired) electrons. The molecular weight excluding hydrogens is 1180 g/mol. The van der Waals surface area contributed by atoms with Gasteiger partial charge >= 0.3 is 414 Å². The number of aromatic nitrogens is 3. The summed E-state index contributed by atoms with van der Waals surface area (Å²) in [7, 11) is 0. The molecule has 400 valence electrons. The monoisotopic (exact) mass is 1240 g/mol. The van der Waals surface area contributed by atoms with E-state index in [1.165, 1.54) is 33.3 Å². The van der Waals surface area contributed by atoms with Gasteiger partial charge in [0.2, 0.25) is 0 Å². The van der Waals surface area contributed by atoms with E-state index in [1.54, 1.807) is 0 Å². The Morgan fingerprint density at radius 1 is 0.488 bits per heavy atom. The molecule has 4 heterocycles. The number of rotatable bonds is 11. The van der Waals surface area contributed by atoms with Crippen molar-refractivity contribution in [1.82, 2.24) is 14.1 Å². The van der Waals surface area contributed by atoms with Crippen molar-refractivity contribution in [3.8, 4) is 78.6 Å². The number of benzene rings is 10. The van der Waals surface area contributed by atoms with E-state index >= 15 is 0 Å². The van der Waals surface area contributed by atoms with Crippen LogP contribution < -0.4 is 19.8 Å². The van der Waals surface area contributed by atoms with Crippen LogP contribution in [0, 0.1) is 9.72 Å². The molecule has 12 aromatic rings. The second-order valence-electron chi connectivity index (χ2n) is 22.6. The maximum atomic E-state index is 9.49. The number of fused-ring (bicyclic) bond motifs is 9. The van der Waals surface area contributed by atoms with E-state index in [1.807, 2.05) is 50.2 Å². The van der Waals surface area contributed by atoms with Crippen molar-refractivity contribution >= 4 is 46.4 Å². The van der Waals surface area contributed by atoms with Crippen LogP contribution in [0.25, 0.3) is 78.0 Å². The fourth-order valence-corrected chi connectivity index (χ4v) is 13.3. The fourth-order valence-electron chi connectivity index (χ4n) is 12.2. The maximum absolute atomic E-state index is 9.49. The van der Waals surface area contributed by atoms with Crippen LogP contribution in [0.15, 0.2) is 255 Å². The van der Waals surface area contributed by atoms with E-state index in [-0.39, 0.29) is 18.3 Å². The average Bonchev–Trinajstić information content (AvgIpc) is 1.76. The summed E-state index contributed by atoms with van der Waals surface area (Å²) in [6.45, 7) is 10.5. The molecule has 0 bridgehead atoms. The Kier molecular flexibility index (Phi) is 12.4. The summed E-state index contributed by atoms with van der Waals surface area (Å²) in [5, 5.41) is 0. The third-order valence-corrected chi connectivity index (χ3v) is 16.9. The minimum atomic E-state index is -1.65. The summed E-state index contributed by atoms with van der Waals surface area (Å²) in [6, 6.07) is 89.9. The van der Waals surface area contributed by atoms with Crippen molar-refractivity contribution in [2.24, 2.45) is 5.92 Å². The topological polar surface area (TPSA) is 38.5 Å². The van der Waals surface area contributed by atoms with E-state index in [9.17, 15) is 2.74 Å². The summed E-state index contributed by atoms with van der Waals surface area (Å²) in [6.07, 6.45) is -1.65. The van der Waals surface area contributed by atoms with Crippen molar-refractivity contribution in [2.75, 3.05) is 9.62 Å². The second-order valence-corrected chi connectivity index (χ2v) is 23.6. The Morgan fingerprint density at radius 3 is 1.79 bits per heavy atom. The molecule has 2 aromatic heterocycles. The van der Waals surface area contributed by atoms with Crippen LogP contribution in [-0.4, -0.2) is 21.1 Å². The van der Waals surface area contributed by atoms with Crippen LogP contribution in [0.5, 0.6) is 11.6 Å². The molecule has 14 rings (SSSR count). The van der Waals surface area contributed by atoms with Gasteiger partial charge in [-0.05, 0) is 17.7 Å². The molecule has 2 aliphatic heterocycles. The third-order valence-electron chi connectivity index (χ3n) is 15.9. The molecule has 6 nitrogen and oxygen atoms in total. The van der Waals surface area contributed by atoms with Crippen LogP contribution in [0.2, 0.25) is 0 Å². The number of imidazole rings is 1. The number of pyridine rings is 1. The van der Waals surface area contributed by atoms with Crippen molar-refractivity contribution < 1.29 is 26.8 Å². The second kappa shape index (κ2) is 20.8. The van der Waals surface area contributed by atoms with Crippen LogP contribution in [0.3, 0.4) is 0 Å². The first kappa shape index (κ1) is 48.8. The van der Waals surface area contributed by atoms with Crippen molar-refractivity contribution in [2.45, 2.75) is 46.4 Å². The molecule has 0 saturated heterocycles. The molecule has 0 fully saturated rings. The molecular formula is C74H60BN5OPt. The van der Waals surface area contributed by atoms with E-state index in [0.29, 0.717) is 17.2 Å². The molecule has 0 saturated carbocycles. The van der Waals surface area contributed by atoms with Crippen LogP contribution in [0.4, 0.5) is 22.9 Å². The van der Waals surface area contributed by atoms with Gasteiger partial charge < -0.3 is 0 Å². The standard InChI is InChI=1S/C74H60BN5O.Pt/c1-50(2)44-53-28-12-13-29-58(53)63-43-42-57(48-70(63)81-72-41-23-40-71(76-72)80-69-39-21-20-38-68(69)79-65-35-17-15-31-62(65)61-30-14-16-34-64(61)75(79)80)77-49-78(67-37-19-18-36-66(67)77)73-59(52-26-10-7-11-27-52)32-22-33-60(73)55-45-54(51-24-8-6-9-25-51)46-56(47-55)74(3,4)5;/h6-43,45-48,50H,44H2,1-5H3;/i44D2;. The van der Waals surface area contributed by atoms with Crippen molar-refractivity contribution in [3.05, 3.63) is 270 Å². The Morgan fingerprint density at radius 2 is 1.06 bits per heavy atom. The van der Waals surface area contributed by atoms with Gasteiger partial charge in [0.15, 0.2) is 0 Å². The molecule has 0 atom stereocenters. The molecule has 0 N–H and O–H groups in total. The predicted molar refractivity (Wildman–Crippen MR) is 337 cm³/mol. The first-order valence-electron chi connectivity index (χ1n) is 29.2. The molecule has 0 amide bonds. The Labute approximate surface area is 494 Å². The zero-order valence-electron chi connectivity index (χ0n) is 48.4. The number of anilines is 4. The zero-order chi connectivity index (χ0) is 57.4. The molecule has 0 aliphatic carbocycles. The molecule has 8 heteroatoms. The Hall–Kier alpha value is -9.03. The number of para-hydroxylation sites is 6. The van der Waals surface area contributed by atoms with Crippen molar-refractivity contribution in [1.29, 1.82) is 0 Å². The molecule has 0 spiro atoms. The number of ether oxygens (including phenoxy) is 1. The van der Waals surface area contributed by atoms with Gasteiger partial charge in [-0.1, -0.05) is 54.6 Å². The molecule has 82 heavy (non-hydrogen) atoms. The molecule has 2 aliphatic rings. The first-order valence-corrected chi connectivity index (χ1v) is 29.3. The Bertz CT molecular complexity index is 4590. The summed E-state index contributed by atoms with van der Waals surface area (Å²) in [5.74, 6) is 1.39. The predicted octanol–water partition coefficient (Wildman–Crippen LogP) is 18.5. The van der Waals surface area contributed by atoms with Gasteiger partial charge in [0.05, 0.1) is 0 Å². The summed E-state index contributed by atoms with van der Waals surface area (Å²) < 4.78 is 32.0. The quantitative estimate of drug-likeness (QED) is 0.121. The fraction of sp³-hybridized carbons (Fsp3) is 0.108. The van der Waals surface area contributed by atoms with Gasteiger partial charge in [-0.25, -0.2) is 0 Å². The number of hydrogen-bond donors (Lipinski definition) is 0. The van der Waals surface area contributed by atoms with E-state index in [4.69, 9.17) is 9.72 Å². The van der Waals surface area contributed by atoms with E-state index in [0.717, 1.165) is 82.5 Å². The summed E-state index contributed by atoms with van der Waals surface area (Å²) in [4.78, 5) is 10.2. The van der Waals surface area contributed by atoms with Gasteiger partial charge in [-0.2, -0.15) is 0 Å². The molecule has 10 aromatic carbocycles. The van der Waals surface area contributed by atoms with Crippen LogP contribution >= 0.6 is 0 Å². The summed E-state index contributed by atoms with van der Waals surface area (Å²) in [5.41, 5.74) is 20.9. The third kappa shape index (κ3) is 8.96. The number of hydrogen-bond acceptors (Lipinski definition) is 4. The zero-order valence-corrected chi connectivity index (χ0v) is 48.6. The average molecular weight is 1240 g/mol. The summed E-state index contributed by atoms with van der Waals surface area (Å²) >= 11 is 2.52. The SMILES string of the molecule is [2H]C([2H])(c1ccccc1-c1ccc(-n2[c](=[Pt])n(-c3c(-c4ccccc4)cccc3-c3cc(-c4ccccc4)cc(C(C)(C)C)c3)c3ccccc32)cc1Oc1cccc(N2B3c4ccccc4-c4ccccc4N3c3ccccc32)n1)C(C)C. The van der Waals surface area contributed by atoms with E-state index in [2.05, 4.69) is 277 Å². The van der Waals surface area contributed by atoms with Gasteiger partial charge in [0.25, 0.3) is 0 Å². The van der Waals surface area contributed by atoms with Gasteiger partial charge in [-0.3, -0.25) is 0 Å². The van der Waals surface area contributed by atoms with Crippen LogP contribution in [0.1, 0.15) is 48.5 Å². The molecule has 0 unspecified atom stereocenters. The van der Waals surface area contributed by atoms with Gasteiger partial charge in [0.1, 0.15) is 0 Å². The van der Waals surface area contributed by atoms with Gasteiger partial charge in [-0.15, -0.1) is 0 Å². The number of nitrogens with zero attached hydrogens (tertiary/aromatic N) is 5. The van der Waals surface area contributed by atoms with Crippen molar-refractivity contribution in [3.63, 3.8) is 0 Å². The minimum absolute atomic E-state index is 0.120.